The third-order valence-electron chi connectivity index (χ3n) is 2.83. The first-order chi connectivity index (χ1) is 10.2. The third kappa shape index (κ3) is 6.17. The number of ether oxygens (including phenoxy) is 1. The zero-order chi connectivity index (χ0) is 16.8. The summed E-state index contributed by atoms with van der Waals surface area (Å²) in [5, 5.41) is 1.44. The van der Waals surface area contributed by atoms with E-state index < -0.39 is 22.0 Å². The standard InChI is InChI=1S/C15H20ClNO4S/c1-11(2)10-14(15(18)21-3)17-22(19,20)9-8-12-6-4-5-7-13(12)16/h4-9,11,14,17H,10H2,1-3H3/b9-8+. The summed E-state index contributed by atoms with van der Waals surface area (Å²) >= 11 is 5.96. The maximum Gasteiger partial charge on any atom is 0.323 e. The van der Waals surface area contributed by atoms with Crippen molar-refractivity contribution >= 4 is 33.7 Å². The van der Waals surface area contributed by atoms with Crippen molar-refractivity contribution in [1.29, 1.82) is 0 Å². The normalized spacial score (nSPS) is 13.5. The van der Waals surface area contributed by atoms with Crippen LogP contribution in [0.25, 0.3) is 6.08 Å². The molecule has 1 aromatic rings. The van der Waals surface area contributed by atoms with Gasteiger partial charge in [-0.15, -0.1) is 0 Å². The molecule has 0 bridgehead atoms. The molecule has 7 heteroatoms. The fraction of sp³-hybridized carbons (Fsp3) is 0.400. The molecule has 0 radical (unpaired) electrons. The number of sulfonamides is 1. The molecule has 0 aromatic heterocycles. The molecule has 22 heavy (non-hydrogen) atoms. The second-order valence-electron chi connectivity index (χ2n) is 5.19. The maximum atomic E-state index is 12.1. The number of halogens is 1. The highest BCUT2D eigenvalue weighted by atomic mass is 35.5. The highest BCUT2D eigenvalue weighted by Gasteiger charge is 2.24. The largest absolute Gasteiger partial charge is 0.468 e. The Labute approximate surface area is 136 Å². The number of carbonyl (C=O) groups is 1. The summed E-state index contributed by atoms with van der Waals surface area (Å²) in [5.41, 5.74) is 0.577. The van der Waals surface area contributed by atoms with Gasteiger partial charge >= 0.3 is 5.97 Å². The molecule has 122 valence electrons. The van der Waals surface area contributed by atoms with Gasteiger partial charge in [0.25, 0.3) is 0 Å². The molecule has 1 atom stereocenters. The van der Waals surface area contributed by atoms with Crippen LogP contribution in [0, 0.1) is 5.92 Å². The van der Waals surface area contributed by atoms with Gasteiger partial charge < -0.3 is 4.74 Å². The summed E-state index contributed by atoms with van der Waals surface area (Å²) in [6.07, 6.45) is 1.74. The van der Waals surface area contributed by atoms with Crippen molar-refractivity contribution in [2.24, 2.45) is 5.92 Å². The van der Waals surface area contributed by atoms with E-state index in [1.807, 2.05) is 13.8 Å². The third-order valence-corrected chi connectivity index (χ3v) is 4.28. The van der Waals surface area contributed by atoms with Crippen molar-refractivity contribution in [3.05, 3.63) is 40.3 Å². The van der Waals surface area contributed by atoms with Crippen molar-refractivity contribution in [2.45, 2.75) is 26.3 Å². The zero-order valence-electron chi connectivity index (χ0n) is 12.7. The number of nitrogens with one attached hydrogen (secondary N) is 1. The average Bonchev–Trinajstić information content (AvgIpc) is 2.44. The lowest BCUT2D eigenvalue weighted by atomic mass is 10.1. The van der Waals surface area contributed by atoms with Crippen LogP contribution in [-0.4, -0.2) is 27.5 Å². The first kappa shape index (κ1) is 18.7. The number of hydrogen-bond acceptors (Lipinski definition) is 4. The summed E-state index contributed by atoms with van der Waals surface area (Å²) in [5.74, 6) is -0.470. The number of carbonyl (C=O) groups excluding carboxylic acids is 1. The van der Waals surface area contributed by atoms with E-state index >= 15 is 0 Å². The monoisotopic (exact) mass is 345 g/mol. The van der Waals surface area contributed by atoms with Crippen LogP contribution in [-0.2, 0) is 19.6 Å². The topological polar surface area (TPSA) is 72.5 Å². The molecule has 5 nitrogen and oxygen atoms in total. The minimum absolute atomic E-state index is 0.138. The van der Waals surface area contributed by atoms with Crippen LogP contribution < -0.4 is 4.72 Å². The fourth-order valence-electron chi connectivity index (χ4n) is 1.82. The van der Waals surface area contributed by atoms with Crippen LogP contribution in [0.4, 0.5) is 0 Å². The minimum Gasteiger partial charge on any atom is -0.468 e. The lowest BCUT2D eigenvalue weighted by Crippen LogP contribution is -2.41. The van der Waals surface area contributed by atoms with E-state index in [0.717, 1.165) is 5.41 Å². The Morgan fingerprint density at radius 1 is 1.36 bits per heavy atom. The van der Waals surface area contributed by atoms with Gasteiger partial charge in [-0.05, 0) is 30.0 Å². The Morgan fingerprint density at radius 2 is 2.00 bits per heavy atom. The zero-order valence-corrected chi connectivity index (χ0v) is 14.3. The van der Waals surface area contributed by atoms with E-state index in [0.29, 0.717) is 17.0 Å². The molecule has 0 amide bonds. The quantitative estimate of drug-likeness (QED) is 0.771. The van der Waals surface area contributed by atoms with Crippen molar-refractivity contribution < 1.29 is 17.9 Å². The van der Waals surface area contributed by atoms with Gasteiger partial charge in [-0.3, -0.25) is 4.79 Å². The van der Waals surface area contributed by atoms with Crippen molar-refractivity contribution in [1.82, 2.24) is 4.72 Å². The van der Waals surface area contributed by atoms with Gasteiger partial charge in [0.15, 0.2) is 0 Å². The first-order valence-electron chi connectivity index (χ1n) is 6.78. The predicted molar refractivity (Wildman–Crippen MR) is 87.8 cm³/mol. The lowest BCUT2D eigenvalue weighted by Gasteiger charge is -2.17. The molecule has 0 saturated heterocycles. The van der Waals surface area contributed by atoms with Gasteiger partial charge in [0.2, 0.25) is 10.0 Å². The average molecular weight is 346 g/mol. The van der Waals surface area contributed by atoms with Gasteiger partial charge in [0.1, 0.15) is 6.04 Å². The second-order valence-corrected chi connectivity index (χ2v) is 7.20. The number of hydrogen-bond donors (Lipinski definition) is 1. The predicted octanol–water partition coefficient (Wildman–Crippen LogP) is 2.82. The van der Waals surface area contributed by atoms with Crippen molar-refractivity contribution in [3.63, 3.8) is 0 Å². The van der Waals surface area contributed by atoms with Crippen LogP contribution in [0.15, 0.2) is 29.7 Å². The molecular formula is C15H20ClNO4S. The summed E-state index contributed by atoms with van der Waals surface area (Å²) in [7, 11) is -2.56. The molecule has 0 spiro atoms. The van der Waals surface area contributed by atoms with E-state index in [4.69, 9.17) is 11.6 Å². The molecule has 0 fully saturated rings. The highest BCUT2D eigenvalue weighted by Crippen LogP contribution is 2.17. The Hall–Kier alpha value is -1.37. The fourth-order valence-corrected chi connectivity index (χ4v) is 3.01. The van der Waals surface area contributed by atoms with Crippen molar-refractivity contribution in [2.75, 3.05) is 7.11 Å². The lowest BCUT2D eigenvalue weighted by molar-refractivity contribution is -0.143. The molecule has 1 N–H and O–H groups in total. The summed E-state index contributed by atoms with van der Waals surface area (Å²) in [4.78, 5) is 11.7. The van der Waals surface area contributed by atoms with Crippen LogP contribution >= 0.6 is 11.6 Å². The molecule has 0 heterocycles. The number of benzene rings is 1. The highest BCUT2D eigenvalue weighted by molar-refractivity contribution is 7.92. The van der Waals surface area contributed by atoms with E-state index in [-0.39, 0.29) is 5.92 Å². The SMILES string of the molecule is COC(=O)C(CC(C)C)NS(=O)(=O)/C=C/c1ccccc1Cl. The Morgan fingerprint density at radius 3 is 2.55 bits per heavy atom. The molecule has 1 aromatic carbocycles. The number of methoxy groups -OCH3 is 1. The Bertz CT molecular complexity index is 641. The summed E-state index contributed by atoms with van der Waals surface area (Å²) in [6.45, 7) is 3.79. The number of rotatable bonds is 7. The summed E-state index contributed by atoms with van der Waals surface area (Å²) < 4.78 is 31.1. The van der Waals surface area contributed by atoms with E-state index in [1.165, 1.54) is 13.2 Å². The Balaban J connectivity index is 2.88. The molecule has 0 aliphatic rings. The first-order valence-corrected chi connectivity index (χ1v) is 8.70. The maximum absolute atomic E-state index is 12.1. The van der Waals surface area contributed by atoms with E-state index in [9.17, 15) is 13.2 Å². The van der Waals surface area contributed by atoms with Gasteiger partial charge in [-0.2, -0.15) is 4.72 Å². The van der Waals surface area contributed by atoms with Gasteiger partial charge in [-0.1, -0.05) is 43.6 Å². The number of esters is 1. The van der Waals surface area contributed by atoms with E-state index in [2.05, 4.69) is 9.46 Å². The van der Waals surface area contributed by atoms with Gasteiger partial charge in [-0.25, -0.2) is 8.42 Å². The minimum atomic E-state index is -3.79. The van der Waals surface area contributed by atoms with Gasteiger partial charge in [0, 0.05) is 10.4 Å². The molecule has 0 saturated carbocycles. The smallest absolute Gasteiger partial charge is 0.323 e. The second kappa shape index (κ2) is 8.31. The molecule has 1 rings (SSSR count). The van der Waals surface area contributed by atoms with Crippen molar-refractivity contribution in [3.8, 4) is 0 Å². The molecule has 0 aliphatic carbocycles. The molecule has 0 aliphatic heterocycles. The summed E-state index contributed by atoms with van der Waals surface area (Å²) in [6, 6.07) is 5.95. The van der Waals surface area contributed by atoms with Crippen LogP contribution in [0.3, 0.4) is 0 Å². The van der Waals surface area contributed by atoms with Gasteiger partial charge in [0.05, 0.1) is 7.11 Å². The van der Waals surface area contributed by atoms with Crippen LogP contribution in [0.1, 0.15) is 25.8 Å². The van der Waals surface area contributed by atoms with Crippen LogP contribution in [0.5, 0.6) is 0 Å². The van der Waals surface area contributed by atoms with E-state index in [1.54, 1.807) is 24.3 Å². The Kier molecular flexibility index (Phi) is 7.06. The van der Waals surface area contributed by atoms with Crippen LogP contribution in [0.2, 0.25) is 5.02 Å². The molecule has 1 unspecified atom stereocenters. The molecular weight excluding hydrogens is 326 g/mol.